The Hall–Kier alpha value is -0.160. The average Bonchev–Trinajstić information content (AvgIpc) is 2.10. The first-order chi connectivity index (χ1) is 7.79. The number of halogens is 5. The van der Waals surface area contributed by atoms with E-state index in [1.54, 1.807) is 0 Å². The van der Waals surface area contributed by atoms with Crippen LogP contribution in [0.4, 0.5) is 22.0 Å². The maximum atomic E-state index is 13.1. The zero-order chi connectivity index (χ0) is 14.9. The predicted octanol–water partition coefficient (Wildman–Crippen LogP) is 2.31. The summed E-state index contributed by atoms with van der Waals surface area (Å²) < 4.78 is 70.7. The molecule has 0 unspecified atom stereocenters. The first-order valence-electron chi connectivity index (χ1n) is 4.80. The van der Waals surface area contributed by atoms with E-state index in [9.17, 15) is 22.0 Å². The van der Waals surface area contributed by atoms with E-state index in [0.29, 0.717) is 0 Å². The summed E-state index contributed by atoms with van der Waals surface area (Å²) in [5, 5.41) is 0. The van der Waals surface area contributed by atoms with Crippen molar-refractivity contribution in [2.45, 2.75) is 12.3 Å². The highest BCUT2D eigenvalue weighted by Gasteiger charge is 2.63. The van der Waals surface area contributed by atoms with Crippen molar-refractivity contribution in [3.05, 3.63) is 0 Å². The minimum absolute atomic E-state index is 1.20. The average molecular weight is 299 g/mol. The topological polar surface area (TPSA) is 19.0 Å². The Morgan fingerprint density at radius 3 is 1.17 bits per heavy atom. The lowest BCUT2D eigenvalue weighted by Crippen LogP contribution is -2.49. The predicted molar refractivity (Wildman–Crippen MR) is 60.7 cm³/mol. The van der Waals surface area contributed by atoms with Crippen molar-refractivity contribution in [1.82, 2.24) is 12.9 Å². The van der Waals surface area contributed by atoms with Crippen molar-refractivity contribution in [1.29, 1.82) is 0 Å². The second kappa shape index (κ2) is 5.45. The van der Waals surface area contributed by atoms with Crippen LogP contribution in [0.1, 0.15) is 0 Å². The van der Waals surface area contributed by atoms with Crippen LogP contribution in [0.2, 0.25) is 0 Å². The first kappa shape index (κ1) is 17.8. The van der Waals surface area contributed by atoms with Gasteiger partial charge in [-0.25, -0.2) is 17.1 Å². The maximum Gasteiger partial charge on any atom is 0.484 e. The van der Waals surface area contributed by atoms with Gasteiger partial charge in [-0.3, -0.25) is 0 Å². The first-order valence-corrected chi connectivity index (χ1v) is 6.23. The van der Waals surface area contributed by atoms with E-state index in [-0.39, 0.29) is 0 Å². The van der Waals surface area contributed by atoms with Crippen molar-refractivity contribution in [2.75, 3.05) is 42.3 Å². The summed E-state index contributed by atoms with van der Waals surface area (Å²) in [5.74, 6) is 0. The zero-order valence-electron chi connectivity index (χ0n) is 11.0. The molecule has 0 atom stereocenters. The Labute approximate surface area is 105 Å². The van der Waals surface area contributed by atoms with E-state index in [0.717, 1.165) is 0 Å². The summed E-state index contributed by atoms with van der Waals surface area (Å²) in [6.45, 7) is 0. The molecule has 0 N–H and O–H groups in total. The molecule has 112 valence electrons. The molecule has 0 aromatic rings. The highest BCUT2D eigenvalue weighted by Crippen LogP contribution is 2.59. The molecule has 0 saturated heterocycles. The van der Waals surface area contributed by atoms with Gasteiger partial charge < -0.3 is 0 Å². The molecule has 0 heterocycles. The lowest BCUT2D eigenvalue weighted by molar-refractivity contribution is -0.361. The van der Waals surface area contributed by atoms with Gasteiger partial charge >= 0.3 is 12.3 Å². The second-order valence-electron chi connectivity index (χ2n) is 4.00. The fraction of sp³-hybridized carbons (Fsp3) is 1.00. The number of hydrogen-bond donors (Lipinski definition) is 0. The van der Waals surface area contributed by atoms with Gasteiger partial charge in [0.05, 0.1) is 10.9 Å². The fourth-order valence-corrected chi connectivity index (χ4v) is 4.17. The SMILES string of the molecule is CN(C)S(OC(F)(F)C(F)(F)F)(N(C)C)N(C)C. The van der Waals surface area contributed by atoms with Gasteiger partial charge in [0.1, 0.15) is 0 Å². The lowest BCUT2D eigenvalue weighted by atomic mass is 10.6. The molecule has 18 heavy (non-hydrogen) atoms. The van der Waals surface area contributed by atoms with E-state index >= 15 is 0 Å². The van der Waals surface area contributed by atoms with Crippen molar-refractivity contribution in [3.63, 3.8) is 0 Å². The Balaban J connectivity index is 5.52. The largest absolute Gasteiger partial charge is 0.484 e. The second-order valence-corrected chi connectivity index (χ2v) is 7.30. The lowest BCUT2D eigenvalue weighted by Gasteiger charge is -2.53. The van der Waals surface area contributed by atoms with Gasteiger partial charge in [0.2, 0.25) is 0 Å². The molecule has 0 aliphatic carbocycles. The molecule has 0 amide bonds. The number of hydrogen-bond acceptors (Lipinski definition) is 4. The van der Waals surface area contributed by atoms with Crippen LogP contribution in [0, 0.1) is 0 Å². The third-order valence-corrected chi connectivity index (χ3v) is 5.26. The van der Waals surface area contributed by atoms with Crippen LogP contribution < -0.4 is 0 Å². The van der Waals surface area contributed by atoms with Gasteiger partial charge in [-0.1, -0.05) is 0 Å². The van der Waals surface area contributed by atoms with E-state index in [1.165, 1.54) is 55.2 Å². The van der Waals surface area contributed by atoms with E-state index in [1.807, 2.05) is 0 Å². The zero-order valence-corrected chi connectivity index (χ0v) is 11.9. The van der Waals surface area contributed by atoms with Crippen LogP contribution in [-0.4, -0.2) is 67.5 Å². The summed E-state index contributed by atoms with van der Waals surface area (Å²) in [6.07, 6.45) is -11.0. The van der Waals surface area contributed by atoms with Gasteiger partial charge in [0, 0.05) is 0 Å². The van der Waals surface area contributed by atoms with Crippen molar-refractivity contribution in [3.8, 4) is 0 Å². The van der Waals surface area contributed by atoms with E-state index in [2.05, 4.69) is 4.18 Å². The van der Waals surface area contributed by atoms with Crippen LogP contribution in [0.5, 0.6) is 0 Å². The molecule has 0 rings (SSSR count). The Kier molecular flexibility index (Phi) is 5.40. The summed E-state index contributed by atoms with van der Waals surface area (Å²) in [4.78, 5) is 0. The van der Waals surface area contributed by atoms with E-state index < -0.39 is 23.2 Å². The van der Waals surface area contributed by atoms with Crippen molar-refractivity contribution in [2.24, 2.45) is 0 Å². The standard InChI is InChI=1S/C8H18F5N3OS/c1-14(2)18(15(3)4,16(5)6)17-8(12,13)7(9,10)11/h1-6H3. The normalized spacial score (nSPS) is 15.9. The number of nitrogens with zero attached hydrogens (tertiary/aromatic N) is 3. The number of alkyl halides is 5. The van der Waals surface area contributed by atoms with Gasteiger partial charge in [-0.05, 0) is 42.3 Å². The summed E-state index contributed by atoms with van der Waals surface area (Å²) in [6, 6.07) is 0. The highest BCUT2D eigenvalue weighted by atomic mass is 32.3. The van der Waals surface area contributed by atoms with Crippen molar-refractivity contribution < 1.29 is 26.1 Å². The fourth-order valence-electron chi connectivity index (χ4n) is 1.39. The molecule has 0 radical (unpaired) electrons. The molecular formula is C8H18F5N3OS. The Bertz CT molecular complexity index is 261. The molecule has 0 spiro atoms. The minimum Gasteiger partial charge on any atom is -0.229 e. The van der Waals surface area contributed by atoms with Crippen LogP contribution in [0.25, 0.3) is 0 Å². The summed E-state index contributed by atoms with van der Waals surface area (Å²) in [7, 11) is 5.20. The highest BCUT2D eigenvalue weighted by molar-refractivity contribution is 8.23. The number of rotatable bonds is 5. The van der Waals surface area contributed by atoms with Crippen LogP contribution in [-0.2, 0) is 4.18 Å². The maximum absolute atomic E-state index is 13.1. The van der Waals surface area contributed by atoms with Gasteiger partial charge in [-0.15, -0.1) is 0 Å². The molecule has 10 heteroatoms. The summed E-state index contributed by atoms with van der Waals surface area (Å²) >= 11 is 0. The molecule has 0 aliphatic heterocycles. The molecular weight excluding hydrogens is 281 g/mol. The Morgan fingerprint density at radius 1 is 0.722 bits per heavy atom. The van der Waals surface area contributed by atoms with Crippen LogP contribution in [0.15, 0.2) is 0 Å². The molecule has 0 aromatic carbocycles. The van der Waals surface area contributed by atoms with Gasteiger partial charge in [0.25, 0.3) is 0 Å². The van der Waals surface area contributed by atoms with Crippen LogP contribution in [0.3, 0.4) is 0 Å². The molecule has 0 bridgehead atoms. The molecule has 0 saturated carbocycles. The third-order valence-electron chi connectivity index (χ3n) is 1.97. The molecule has 0 fully saturated rings. The Morgan fingerprint density at radius 2 is 1.00 bits per heavy atom. The minimum atomic E-state index is -5.76. The van der Waals surface area contributed by atoms with Crippen molar-refractivity contribution >= 4 is 10.9 Å². The van der Waals surface area contributed by atoms with Gasteiger partial charge in [0.15, 0.2) is 0 Å². The molecule has 0 aliphatic rings. The molecule has 0 aromatic heterocycles. The third kappa shape index (κ3) is 3.23. The molecule has 4 nitrogen and oxygen atoms in total. The smallest absolute Gasteiger partial charge is 0.229 e. The summed E-state index contributed by atoms with van der Waals surface area (Å²) in [5.41, 5.74) is 0. The monoisotopic (exact) mass is 299 g/mol. The van der Waals surface area contributed by atoms with Gasteiger partial charge in [-0.2, -0.15) is 22.0 Å². The van der Waals surface area contributed by atoms with E-state index in [4.69, 9.17) is 0 Å². The van der Waals surface area contributed by atoms with Crippen LogP contribution >= 0.6 is 10.9 Å². The quantitative estimate of drug-likeness (QED) is 0.725.